The molecule has 0 saturated heterocycles. The molecule has 20 heavy (non-hydrogen) atoms. The molecule has 0 fully saturated rings. The molecule has 3 N–H and O–H groups in total. The van der Waals surface area contributed by atoms with E-state index in [4.69, 9.17) is 10.5 Å². The Morgan fingerprint density at radius 1 is 1.45 bits per heavy atom. The summed E-state index contributed by atoms with van der Waals surface area (Å²) < 4.78 is 6.12. The van der Waals surface area contributed by atoms with Crippen molar-refractivity contribution >= 4 is 11.6 Å². The normalized spacial score (nSPS) is 25.9. The van der Waals surface area contributed by atoms with Crippen LogP contribution in [-0.2, 0) is 10.2 Å². The largest absolute Gasteiger partial charge is 0.488 e. The second kappa shape index (κ2) is 4.22. The van der Waals surface area contributed by atoms with Crippen LogP contribution in [0.4, 0.5) is 5.69 Å². The zero-order valence-electron chi connectivity index (χ0n) is 12.5. The highest BCUT2D eigenvalue weighted by Crippen LogP contribution is 2.52. The summed E-state index contributed by atoms with van der Waals surface area (Å²) in [4.78, 5) is 12.2. The lowest BCUT2D eigenvalue weighted by atomic mass is 9.81. The van der Waals surface area contributed by atoms with Crippen LogP contribution in [0.3, 0.4) is 0 Å². The predicted molar refractivity (Wildman–Crippen MR) is 79.3 cm³/mol. The molecular formula is C16H22N2O2. The van der Waals surface area contributed by atoms with E-state index in [1.165, 1.54) is 5.56 Å². The number of aryl methyl sites for hydroxylation is 1. The fraction of sp³-hybridized carbons (Fsp3) is 0.562. The zero-order chi connectivity index (χ0) is 14.7. The maximum atomic E-state index is 12.2. The molecule has 4 heteroatoms. The summed E-state index contributed by atoms with van der Waals surface area (Å²) in [7, 11) is 0. The van der Waals surface area contributed by atoms with E-state index in [1.807, 2.05) is 20.8 Å². The lowest BCUT2D eigenvalue weighted by molar-refractivity contribution is -0.119. The second-order valence-electron chi connectivity index (χ2n) is 6.35. The molecule has 1 amide bonds. The van der Waals surface area contributed by atoms with Gasteiger partial charge < -0.3 is 15.8 Å². The number of nitrogens with one attached hydrogen (secondary N) is 1. The van der Waals surface area contributed by atoms with Crippen LogP contribution in [0.5, 0.6) is 5.75 Å². The number of hydrogen-bond acceptors (Lipinski definition) is 3. The third kappa shape index (κ3) is 1.54. The molecule has 108 valence electrons. The quantitative estimate of drug-likeness (QED) is 0.870. The topological polar surface area (TPSA) is 64.3 Å². The van der Waals surface area contributed by atoms with E-state index in [9.17, 15) is 4.79 Å². The molecule has 1 aromatic rings. The number of carbonyl (C=O) groups is 1. The molecule has 2 heterocycles. The van der Waals surface area contributed by atoms with Crippen LogP contribution in [0.15, 0.2) is 6.07 Å². The van der Waals surface area contributed by atoms with Crippen molar-refractivity contribution in [1.82, 2.24) is 0 Å². The number of amides is 1. The van der Waals surface area contributed by atoms with Crippen LogP contribution in [0.1, 0.15) is 49.8 Å². The van der Waals surface area contributed by atoms with E-state index in [-0.39, 0.29) is 12.0 Å². The summed E-state index contributed by atoms with van der Waals surface area (Å²) >= 11 is 0. The van der Waals surface area contributed by atoms with Gasteiger partial charge in [-0.05, 0) is 38.8 Å². The first-order valence-electron chi connectivity index (χ1n) is 7.28. The van der Waals surface area contributed by atoms with Crippen LogP contribution in [0.2, 0.25) is 0 Å². The molecule has 3 rings (SSSR count). The number of carbonyl (C=O) groups excluding carboxylic acids is 1. The molecule has 0 radical (unpaired) electrons. The highest BCUT2D eigenvalue weighted by Gasteiger charge is 2.46. The first-order chi connectivity index (χ1) is 9.41. The second-order valence-corrected chi connectivity index (χ2v) is 6.35. The van der Waals surface area contributed by atoms with Gasteiger partial charge in [-0.3, -0.25) is 4.79 Å². The predicted octanol–water partition coefficient (Wildman–Crippen LogP) is 2.44. The first kappa shape index (κ1) is 13.4. The van der Waals surface area contributed by atoms with Crippen molar-refractivity contribution in [3.05, 3.63) is 22.8 Å². The van der Waals surface area contributed by atoms with E-state index in [1.54, 1.807) is 0 Å². The van der Waals surface area contributed by atoms with Crippen LogP contribution < -0.4 is 15.8 Å². The monoisotopic (exact) mass is 274 g/mol. The smallest absolute Gasteiger partial charge is 0.234 e. The first-order valence-corrected chi connectivity index (χ1v) is 7.28. The Balaban J connectivity index is 2.24. The van der Waals surface area contributed by atoms with E-state index in [0.717, 1.165) is 29.0 Å². The summed E-state index contributed by atoms with van der Waals surface area (Å²) in [6.45, 7) is 8.61. The third-order valence-corrected chi connectivity index (χ3v) is 4.73. The van der Waals surface area contributed by atoms with Crippen LogP contribution in [0, 0.1) is 6.92 Å². The maximum absolute atomic E-state index is 12.2. The minimum Gasteiger partial charge on any atom is -0.488 e. The molecule has 4 nitrogen and oxygen atoms in total. The minimum atomic E-state index is -0.548. The van der Waals surface area contributed by atoms with Gasteiger partial charge in [-0.15, -0.1) is 0 Å². The third-order valence-electron chi connectivity index (χ3n) is 4.73. The molecule has 0 saturated carbocycles. The number of benzene rings is 1. The molecule has 0 bridgehead atoms. The fourth-order valence-electron chi connectivity index (χ4n) is 3.50. The van der Waals surface area contributed by atoms with Crippen LogP contribution in [-0.4, -0.2) is 18.6 Å². The van der Waals surface area contributed by atoms with Crippen molar-refractivity contribution in [2.45, 2.75) is 51.6 Å². The van der Waals surface area contributed by atoms with Gasteiger partial charge in [0, 0.05) is 23.6 Å². The number of rotatable bonds is 2. The summed E-state index contributed by atoms with van der Waals surface area (Å²) in [5, 5.41) is 3.00. The van der Waals surface area contributed by atoms with E-state index in [0.29, 0.717) is 12.5 Å². The molecule has 0 aromatic heterocycles. The van der Waals surface area contributed by atoms with Gasteiger partial charge in [-0.25, -0.2) is 0 Å². The van der Waals surface area contributed by atoms with Gasteiger partial charge in [0.25, 0.3) is 0 Å². The van der Waals surface area contributed by atoms with E-state index < -0.39 is 5.41 Å². The summed E-state index contributed by atoms with van der Waals surface area (Å²) in [6, 6.07) is 2.15. The Morgan fingerprint density at radius 2 is 2.15 bits per heavy atom. The molecule has 1 aromatic carbocycles. The zero-order valence-corrected chi connectivity index (χ0v) is 12.5. The van der Waals surface area contributed by atoms with Crippen molar-refractivity contribution in [3.63, 3.8) is 0 Å². The summed E-state index contributed by atoms with van der Waals surface area (Å²) in [5.41, 5.74) is 9.55. The van der Waals surface area contributed by atoms with Crippen LogP contribution in [0.25, 0.3) is 0 Å². The number of fused-ring (bicyclic) bond motifs is 3. The minimum absolute atomic E-state index is 0.0207. The fourth-order valence-corrected chi connectivity index (χ4v) is 3.50. The van der Waals surface area contributed by atoms with Gasteiger partial charge in [0.05, 0.1) is 11.1 Å². The Morgan fingerprint density at radius 3 is 2.75 bits per heavy atom. The Hall–Kier alpha value is -1.55. The molecule has 2 atom stereocenters. The molecule has 0 aliphatic carbocycles. The highest BCUT2D eigenvalue weighted by molar-refractivity contribution is 6.07. The number of ether oxygens (including phenoxy) is 1. The van der Waals surface area contributed by atoms with Crippen molar-refractivity contribution in [3.8, 4) is 5.75 Å². The molecular weight excluding hydrogens is 252 g/mol. The van der Waals surface area contributed by atoms with Gasteiger partial charge in [0.2, 0.25) is 5.91 Å². The van der Waals surface area contributed by atoms with Crippen molar-refractivity contribution < 1.29 is 9.53 Å². The van der Waals surface area contributed by atoms with Crippen molar-refractivity contribution in [2.24, 2.45) is 5.73 Å². The van der Waals surface area contributed by atoms with Gasteiger partial charge in [0.1, 0.15) is 11.9 Å². The molecule has 2 aliphatic rings. The van der Waals surface area contributed by atoms with Gasteiger partial charge in [0.15, 0.2) is 0 Å². The van der Waals surface area contributed by atoms with E-state index >= 15 is 0 Å². The number of nitrogens with two attached hydrogens (primary N) is 1. The lowest BCUT2D eigenvalue weighted by Gasteiger charge is -2.19. The van der Waals surface area contributed by atoms with Crippen LogP contribution >= 0.6 is 0 Å². The average Bonchev–Trinajstić information content (AvgIpc) is 2.86. The SMILES string of the molecule is CC[C@H]1c2cc(C)c3c(c2O[C@H]1CN)C(C)(C)C(=O)N3. The summed E-state index contributed by atoms with van der Waals surface area (Å²) in [5.74, 6) is 1.25. The standard InChI is InChI=1S/C16H22N2O2/c1-5-9-10-6-8(2)13-12(14(10)20-11(9)7-17)16(3,4)15(19)18-13/h6,9,11H,5,7,17H2,1-4H3,(H,18,19)/t9-,11-/m0/s1. The van der Waals surface area contributed by atoms with Crippen molar-refractivity contribution in [1.29, 1.82) is 0 Å². The molecule has 2 aliphatic heterocycles. The van der Waals surface area contributed by atoms with Crippen molar-refractivity contribution in [2.75, 3.05) is 11.9 Å². The average molecular weight is 274 g/mol. The lowest BCUT2D eigenvalue weighted by Crippen LogP contribution is -2.29. The molecule has 0 spiro atoms. The van der Waals surface area contributed by atoms with Gasteiger partial charge >= 0.3 is 0 Å². The van der Waals surface area contributed by atoms with Gasteiger partial charge in [-0.1, -0.05) is 6.92 Å². The summed E-state index contributed by atoms with van der Waals surface area (Å²) in [6.07, 6.45) is 1.02. The maximum Gasteiger partial charge on any atom is 0.234 e. The highest BCUT2D eigenvalue weighted by atomic mass is 16.5. The molecule has 0 unspecified atom stereocenters. The number of anilines is 1. The number of hydrogen-bond donors (Lipinski definition) is 2. The Kier molecular flexibility index (Phi) is 2.83. The van der Waals surface area contributed by atoms with Gasteiger partial charge in [-0.2, -0.15) is 0 Å². The Bertz CT molecular complexity index is 593. The van der Waals surface area contributed by atoms with E-state index in [2.05, 4.69) is 18.3 Å². The Labute approximate surface area is 119 Å².